The van der Waals surface area contributed by atoms with E-state index in [0.29, 0.717) is 18.1 Å². The topological polar surface area (TPSA) is 58.4 Å². The molecule has 0 aromatic carbocycles. The van der Waals surface area contributed by atoms with Crippen LogP contribution in [-0.4, -0.2) is 29.6 Å². The van der Waals surface area contributed by atoms with Crippen molar-refractivity contribution in [3.8, 4) is 0 Å². The van der Waals surface area contributed by atoms with Gasteiger partial charge >= 0.3 is 0 Å². The van der Waals surface area contributed by atoms with Gasteiger partial charge in [-0.1, -0.05) is 5.16 Å². The summed E-state index contributed by atoms with van der Waals surface area (Å²) >= 11 is 1.66. The molecule has 0 spiro atoms. The summed E-state index contributed by atoms with van der Waals surface area (Å²) in [6.07, 6.45) is 0. The van der Waals surface area contributed by atoms with E-state index in [4.69, 9.17) is 4.52 Å². The molecular weight excluding hydrogens is 250 g/mol. The van der Waals surface area contributed by atoms with Crippen LogP contribution in [0.4, 0.5) is 5.82 Å². The number of amides is 1. The van der Waals surface area contributed by atoms with Gasteiger partial charge in [0.25, 0.3) is 0 Å². The second kappa shape index (κ2) is 5.79. The second-order valence-corrected chi connectivity index (χ2v) is 4.95. The number of aryl methyl sites for hydroxylation is 1. The molecule has 0 atom stereocenters. The fourth-order valence-corrected chi connectivity index (χ4v) is 2.26. The molecule has 2 aromatic heterocycles. The van der Waals surface area contributed by atoms with Crippen LogP contribution in [0.1, 0.15) is 11.3 Å². The quantitative estimate of drug-likeness (QED) is 0.899. The molecule has 1 N–H and O–H groups in total. The average molecular weight is 265 g/mol. The van der Waals surface area contributed by atoms with Crippen molar-refractivity contribution in [2.45, 2.75) is 13.5 Å². The van der Waals surface area contributed by atoms with Crippen molar-refractivity contribution in [2.24, 2.45) is 0 Å². The Labute approximate surface area is 109 Å². The Kier molecular flexibility index (Phi) is 4.11. The van der Waals surface area contributed by atoms with E-state index in [2.05, 4.69) is 21.9 Å². The molecule has 2 aromatic rings. The third-order valence-corrected chi connectivity index (χ3v) is 3.07. The van der Waals surface area contributed by atoms with Gasteiger partial charge in [-0.25, -0.2) is 0 Å². The summed E-state index contributed by atoms with van der Waals surface area (Å²) in [6.45, 7) is 2.86. The molecule has 0 fully saturated rings. The minimum absolute atomic E-state index is 0.0963. The van der Waals surface area contributed by atoms with Crippen LogP contribution in [0.15, 0.2) is 27.4 Å². The number of hydrogen-bond donors (Lipinski definition) is 1. The first-order valence-electron chi connectivity index (χ1n) is 5.56. The smallest absolute Gasteiger partial charge is 0.239 e. The molecule has 0 radical (unpaired) electrons. The summed E-state index contributed by atoms with van der Waals surface area (Å²) in [7, 11) is 1.91. The number of thiophene rings is 1. The Morgan fingerprint density at radius 2 is 2.44 bits per heavy atom. The van der Waals surface area contributed by atoms with E-state index >= 15 is 0 Å². The molecule has 18 heavy (non-hydrogen) atoms. The Hall–Kier alpha value is -1.66. The average Bonchev–Trinajstić information content (AvgIpc) is 2.90. The first-order chi connectivity index (χ1) is 8.63. The van der Waals surface area contributed by atoms with Gasteiger partial charge in [-0.15, -0.1) is 0 Å². The van der Waals surface area contributed by atoms with E-state index < -0.39 is 0 Å². The molecule has 0 saturated heterocycles. The fraction of sp³-hybridized carbons (Fsp3) is 0.333. The van der Waals surface area contributed by atoms with E-state index in [-0.39, 0.29) is 5.91 Å². The highest BCUT2D eigenvalue weighted by molar-refractivity contribution is 7.07. The maximum Gasteiger partial charge on any atom is 0.239 e. The van der Waals surface area contributed by atoms with E-state index in [1.54, 1.807) is 24.3 Å². The highest BCUT2D eigenvalue weighted by Gasteiger charge is 2.09. The zero-order valence-corrected chi connectivity index (χ0v) is 11.2. The van der Waals surface area contributed by atoms with Gasteiger partial charge in [-0.2, -0.15) is 11.3 Å². The lowest BCUT2D eigenvalue weighted by Gasteiger charge is -2.14. The molecule has 1 amide bonds. The first kappa shape index (κ1) is 12.8. The van der Waals surface area contributed by atoms with E-state index in [1.165, 1.54) is 5.56 Å². The molecule has 0 aliphatic heterocycles. The number of hydrogen-bond acceptors (Lipinski definition) is 5. The molecule has 0 unspecified atom stereocenters. The van der Waals surface area contributed by atoms with Crippen LogP contribution in [-0.2, 0) is 11.3 Å². The predicted molar refractivity (Wildman–Crippen MR) is 70.5 cm³/mol. The molecule has 2 heterocycles. The van der Waals surface area contributed by atoms with Gasteiger partial charge in [0.2, 0.25) is 5.91 Å². The number of aromatic nitrogens is 1. The van der Waals surface area contributed by atoms with Gasteiger partial charge in [0.05, 0.1) is 6.54 Å². The SMILES string of the molecule is Cc1cc(NC(=O)CN(C)Cc2ccsc2)no1. The summed E-state index contributed by atoms with van der Waals surface area (Å²) in [5, 5.41) is 10.5. The lowest BCUT2D eigenvalue weighted by Crippen LogP contribution is -2.29. The Balaban J connectivity index is 1.80. The number of anilines is 1. The van der Waals surface area contributed by atoms with Gasteiger partial charge < -0.3 is 9.84 Å². The molecule has 0 aliphatic carbocycles. The van der Waals surface area contributed by atoms with Gasteiger partial charge in [-0.05, 0) is 36.4 Å². The van der Waals surface area contributed by atoms with Crippen LogP contribution in [0.2, 0.25) is 0 Å². The largest absolute Gasteiger partial charge is 0.360 e. The van der Waals surface area contributed by atoms with E-state index in [1.807, 2.05) is 17.3 Å². The number of nitrogens with zero attached hydrogens (tertiary/aromatic N) is 2. The number of carbonyl (C=O) groups excluding carboxylic acids is 1. The van der Waals surface area contributed by atoms with Crippen molar-refractivity contribution in [3.05, 3.63) is 34.2 Å². The highest BCUT2D eigenvalue weighted by atomic mass is 32.1. The Bertz CT molecular complexity index is 507. The molecule has 5 nitrogen and oxygen atoms in total. The number of carbonyl (C=O) groups is 1. The third-order valence-electron chi connectivity index (χ3n) is 2.34. The minimum Gasteiger partial charge on any atom is -0.360 e. The van der Waals surface area contributed by atoms with E-state index in [9.17, 15) is 4.79 Å². The van der Waals surface area contributed by atoms with Crippen molar-refractivity contribution >= 4 is 23.1 Å². The van der Waals surface area contributed by atoms with Crippen molar-refractivity contribution < 1.29 is 9.32 Å². The van der Waals surface area contributed by atoms with Crippen molar-refractivity contribution in [1.29, 1.82) is 0 Å². The monoisotopic (exact) mass is 265 g/mol. The predicted octanol–water partition coefficient (Wildman–Crippen LogP) is 2.12. The van der Waals surface area contributed by atoms with E-state index in [0.717, 1.165) is 6.54 Å². The fourth-order valence-electron chi connectivity index (χ4n) is 1.60. The van der Waals surface area contributed by atoms with Crippen LogP contribution in [0, 0.1) is 6.92 Å². The van der Waals surface area contributed by atoms with Gasteiger partial charge in [0.15, 0.2) is 5.82 Å². The summed E-state index contributed by atoms with van der Waals surface area (Å²) in [5.74, 6) is 1.04. The van der Waals surface area contributed by atoms with Crippen LogP contribution in [0.3, 0.4) is 0 Å². The zero-order valence-electron chi connectivity index (χ0n) is 10.3. The maximum absolute atomic E-state index is 11.7. The highest BCUT2D eigenvalue weighted by Crippen LogP contribution is 2.09. The maximum atomic E-state index is 11.7. The normalized spacial score (nSPS) is 10.8. The number of nitrogens with one attached hydrogen (secondary N) is 1. The molecule has 0 bridgehead atoms. The zero-order chi connectivity index (χ0) is 13.0. The van der Waals surface area contributed by atoms with Crippen LogP contribution in [0.25, 0.3) is 0 Å². The van der Waals surface area contributed by atoms with Crippen molar-refractivity contribution in [1.82, 2.24) is 10.1 Å². The third kappa shape index (κ3) is 3.68. The minimum atomic E-state index is -0.0963. The number of rotatable bonds is 5. The molecule has 0 saturated carbocycles. The van der Waals surface area contributed by atoms with Crippen LogP contribution in [0.5, 0.6) is 0 Å². The Morgan fingerprint density at radius 3 is 3.06 bits per heavy atom. The lowest BCUT2D eigenvalue weighted by molar-refractivity contribution is -0.117. The molecule has 96 valence electrons. The van der Waals surface area contributed by atoms with Crippen molar-refractivity contribution in [3.63, 3.8) is 0 Å². The second-order valence-electron chi connectivity index (χ2n) is 4.17. The molecule has 0 aliphatic rings. The van der Waals surface area contributed by atoms with Gasteiger partial charge in [0, 0.05) is 12.6 Å². The van der Waals surface area contributed by atoms with Crippen LogP contribution < -0.4 is 5.32 Å². The van der Waals surface area contributed by atoms with Gasteiger partial charge in [0.1, 0.15) is 5.76 Å². The lowest BCUT2D eigenvalue weighted by atomic mass is 10.3. The molecule has 2 rings (SSSR count). The standard InChI is InChI=1S/C12H15N3O2S/c1-9-5-11(14-17-9)13-12(16)7-15(2)6-10-3-4-18-8-10/h3-5,8H,6-7H2,1-2H3,(H,13,14,16). The van der Waals surface area contributed by atoms with Crippen molar-refractivity contribution in [2.75, 3.05) is 18.9 Å². The first-order valence-corrected chi connectivity index (χ1v) is 6.50. The summed E-state index contributed by atoms with van der Waals surface area (Å²) in [4.78, 5) is 13.7. The summed E-state index contributed by atoms with van der Waals surface area (Å²) in [5.41, 5.74) is 1.22. The molecule has 6 heteroatoms. The summed E-state index contributed by atoms with van der Waals surface area (Å²) < 4.78 is 4.88. The Morgan fingerprint density at radius 1 is 1.61 bits per heavy atom. The van der Waals surface area contributed by atoms with Crippen LogP contribution >= 0.6 is 11.3 Å². The number of likely N-dealkylation sites (N-methyl/N-ethyl adjacent to an activating group) is 1. The van der Waals surface area contributed by atoms with Gasteiger partial charge in [-0.3, -0.25) is 9.69 Å². The summed E-state index contributed by atoms with van der Waals surface area (Å²) in [6, 6.07) is 3.75. The molecular formula is C12H15N3O2S.